The van der Waals surface area contributed by atoms with Crippen molar-refractivity contribution in [2.75, 3.05) is 18.9 Å². The molecular formula is C11H18N2O4S. The molecule has 1 aromatic carbocycles. The molecule has 0 saturated carbocycles. The van der Waals surface area contributed by atoms with E-state index in [1.165, 1.54) is 24.5 Å². The van der Waals surface area contributed by atoms with E-state index < -0.39 is 10.2 Å². The molecule has 0 aromatic heterocycles. The quantitative estimate of drug-likeness (QED) is 0.795. The summed E-state index contributed by atoms with van der Waals surface area (Å²) in [6.07, 6.45) is 0. The lowest BCUT2D eigenvalue weighted by Gasteiger charge is -2.22. The van der Waals surface area contributed by atoms with Gasteiger partial charge >= 0.3 is 10.2 Å². The molecule has 6 nitrogen and oxygen atoms in total. The van der Waals surface area contributed by atoms with E-state index in [2.05, 4.69) is 4.72 Å². The number of aromatic hydroxyl groups is 1. The topological polar surface area (TPSA) is 78.9 Å². The molecule has 0 atom stereocenters. The molecule has 0 saturated heterocycles. The maximum Gasteiger partial charge on any atom is 0.301 e. The van der Waals surface area contributed by atoms with Crippen molar-refractivity contribution in [2.24, 2.45) is 0 Å². The van der Waals surface area contributed by atoms with Gasteiger partial charge in [-0.1, -0.05) is 6.07 Å². The van der Waals surface area contributed by atoms with Crippen molar-refractivity contribution in [3.05, 3.63) is 18.2 Å². The average Bonchev–Trinajstić information content (AvgIpc) is 2.30. The van der Waals surface area contributed by atoms with Gasteiger partial charge in [0.1, 0.15) is 17.2 Å². The van der Waals surface area contributed by atoms with Crippen molar-refractivity contribution in [2.45, 2.75) is 19.9 Å². The highest BCUT2D eigenvalue weighted by Crippen LogP contribution is 2.34. The number of para-hydroxylation sites is 1. The van der Waals surface area contributed by atoms with E-state index in [1.54, 1.807) is 26.0 Å². The highest BCUT2D eigenvalue weighted by Gasteiger charge is 2.23. The second kappa shape index (κ2) is 5.45. The molecule has 0 aliphatic carbocycles. The number of hydrogen-bond acceptors (Lipinski definition) is 4. The average molecular weight is 274 g/mol. The van der Waals surface area contributed by atoms with E-state index in [-0.39, 0.29) is 23.2 Å². The Morgan fingerprint density at radius 3 is 2.50 bits per heavy atom. The van der Waals surface area contributed by atoms with Gasteiger partial charge in [-0.2, -0.15) is 12.7 Å². The summed E-state index contributed by atoms with van der Waals surface area (Å²) in [5, 5.41) is 9.68. The van der Waals surface area contributed by atoms with Crippen LogP contribution in [0.5, 0.6) is 11.5 Å². The zero-order valence-corrected chi connectivity index (χ0v) is 11.7. The van der Waals surface area contributed by atoms with Crippen LogP contribution >= 0.6 is 0 Å². The predicted molar refractivity (Wildman–Crippen MR) is 70.1 cm³/mol. The fourth-order valence-corrected chi connectivity index (χ4v) is 2.43. The number of methoxy groups -OCH3 is 1. The lowest BCUT2D eigenvalue weighted by molar-refractivity contribution is 0.405. The van der Waals surface area contributed by atoms with E-state index in [0.29, 0.717) is 0 Å². The maximum absolute atomic E-state index is 12.0. The van der Waals surface area contributed by atoms with Crippen LogP contribution in [0.3, 0.4) is 0 Å². The van der Waals surface area contributed by atoms with Crippen LogP contribution in [0.1, 0.15) is 13.8 Å². The van der Waals surface area contributed by atoms with Gasteiger partial charge in [0.25, 0.3) is 0 Å². The third kappa shape index (κ3) is 3.05. The summed E-state index contributed by atoms with van der Waals surface area (Å²) in [6.45, 7) is 3.50. The lowest BCUT2D eigenvalue weighted by atomic mass is 10.3. The first-order valence-corrected chi connectivity index (χ1v) is 6.85. The molecule has 0 aliphatic rings. The lowest BCUT2D eigenvalue weighted by Crippen LogP contribution is -2.37. The Hall–Kier alpha value is -1.47. The van der Waals surface area contributed by atoms with E-state index in [4.69, 9.17) is 4.74 Å². The molecule has 7 heteroatoms. The number of nitrogens with zero attached hydrogens (tertiary/aromatic N) is 1. The van der Waals surface area contributed by atoms with E-state index in [9.17, 15) is 13.5 Å². The van der Waals surface area contributed by atoms with Crippen molar-refractivity contribution >= 4 is 15.9 Å². The van der Waals surface area contributed by atoms with Crippen LogP contribution in [0.25, 0.3) is 0 Å². The summed E-state index contributed by atoms with van der Waals surface area (Å²) in [6, 6.07) is 4.32. The van der Waals surface area contributed by atoms with Gasteiger partial charge in [0, 0.05) is 13.1 Å². The molecule has 0 heterocycles. The van der Waals surface area contributed by atoms with Crippen molar-refractivity contribution < 1.29 is 18.3 Å². The van der Waals surface area contributed by atoms with Crippen LogP contribution in [-0.4, -0.2) is 38.0 Å². The number of nitrogens with one attached hydrogen (secondary N) is 1. The Bertz CT molecular complexity index is 514. The first kappa shape index (κ1) is 14.6. The first-order chi connectivity index (χ1) is 8.29. The number of rotatable bonds is 5. The Morgan fingerprint density at radius 1 is 1.39 bits per heavy atom. The number of phenols is 1. The minimum absolute atomic E-state index is 0.0347. The van der Waals surface area contributed by atoms with E-state index >= 15 is 0 Å². The van der Waals surface area contributed by atoms with Gasteiger partial charge < -0.3 is 9.84 Å². The van der Waals surface area contributed by atoms with Crippen molar-refractivity contribution in [1.82, 2.24) is 4.31 Å². The summed E-state index contributed by atoms with van der Waals surface area (Å²) in [5.74, 6) is 0.0748. The van der Waals surface area contributed by atoms with E-state index in [1.807, 2.05) is 0 Å². The Labute approximate surface area is 107 Å². The van der Waals surface area contributed by atoms with Gasteiger partial charge in [-0.05, 0) is 26.0 Å². The van der Waals surface area contributed by atoms with Crippen LogP contribution in [0.2, 0.25) is 0 Å². The van der Waals surface area contributed by atoms with Crippen LogP contribution in [0, 0.1) is 0 Å². The highest BCUT2D eigenvalue weighted by atomic mass is 32.2. The zero-order chi connectivity index (χ0) is 13.9. The second-order valence-electron chi connectivity index (χ2n) is 4.07. The minimum atomic E-state index is -3.72. The van der Waals surface area contributed by atoms with Gasteiger partial charge in [0.05, 0.1) is 7.11 Å². The Balaban J connectivity index is 3.12. The molecule has 0 fully saturated rings. The number of hydrogen-bond donors (Lipinski definition) is 2. The van der Waals surface area contributed by atoms with Crippen LogP contribution in [0.15, 0.2) is 18.2 Å². The van der Waals surface area contributed by atoms with Gasteiger partial charge in [-0.25, -0.2) is 0 Å². The SMILES string of the molecule is COc1cccc(O)c1NS(=O)(=O)N(C)C(C)C. The molecule has 0 spiro atoms. The predicted octanol–water partition coefficient (Wildman–Crippen LogP) is 1.40. The second-order valence-corrected chi connectivity index (χ2v) is 5.80. The smallest absolute Gasteiger partial charge is 0.301 e. The molecule has 0 amide bonds. The van der Waals surface area contributed by atoms with Gasteiger partial charge in [0.15, 0.2) is 0 Å². The summed E-state index contributed by atoms with van der Waals surface area (Å²) >= 11 is 0. The Morgan fingerprint density at radius 2 is 2.00 bits per heavy atom. The standard InChI is InChI=1S/C11H18N2O4S/c1-8(2)13(3)18(15,16)12-11-9(14)6-5-7-10(11)17-4/h5-8,12,14H,1-4H3. The van der Waals surface area contributed by atoms with Crippen LogP contribution in [-0.2, 0) is 10.2 Å². The molecule has 0 unspecified atom stereocenters. The largest absolute Gasteiger partial charge is 0.506 e. The highest BCUT2D eigenvalue weighted by molar-refractivity contribution is 7.90. The monoisotopic (exact) mass is 274 g/mol. The normalized spacial score (nSPS) is 11.9. The maximum atomic E-state index is 12.0. The summed E-state index contributed by atoms with van der Waals surface area (Å²) in [5.41, 5.74) is 0.0347. The molecule has 0 bridgehead atoms. The molecule has 0 aliphatic heterocycles. The number of ether oxygens (including phenoxy) is 1. The Kier molecular flexibility index (Phi) is 4.42. The molecule has 0 radical (unpaired) electrons. The zero-order valence-electron chi connectivity index (χ0n) is 10.8. The number of benzene rings is 1. The van der Waals surface area contributed by atoms with Gasteiger partial charge in [-0.15, -0.1) is 0 Å². The molecule has 18 heavy (non-hydrogen) atoms. The summed E-state index contributed by atoms with van der Waals surface area (Å²) < 4.78 is 32.5. The van der Waals surface area contributed by atoms with Crippen molar-refractivity contribution in [3.8, 4) is 11.5 Å². The van der Waals surface area contributed by atoms with Crippen molar-refractivity contribution in [3.63, 3.8) is 0 Å². The van der Waals surface area contributed by atoms with Crippen molar-refractivity contribution in [1.29, 1.82) is 0 Å². The molecule has 1 rings (SSSR count). The van der Waals surface area contributed by atoms with E-state index in [0.717, 1.165) is 0 Å². The van der Waals surface area contributed by atoms with Crippen LogP contribution in [0.4, 0.5) is 5.69 Å². The fourth-order valence-electron chi connectivity index (χ4n) is 1.27. The minimum Gasteiger partial charge on any atom is -0.506 e. The number of phenolic OH excluding ortho intramolecular Hbond substituents is 1. The first-order valence-electron chi connectivity index (χ1n) is 5.41. The molecule has 1 aromatic rings. The van der Waals surface area contributed by atoms with Gasteiger partial charge in [0.2, 0.25) is 0 Å². The molecule has 2 N–H and O–H groups in total. The molecule has 102 valence electrons. The summed E-state index contributed by atoms with van der Waals surface area (Å²) in [7, 11) is -0.865. The fraction of sp³-hybridized carbons (Fsp3) is 0.455. The third-order valence-electron chi connectivity index (χ3n) is 2.56. The van der Waals surface area contributed by atoms with Gasteiger partial charge in [-0.3, -0.25) is 4.72 Å². The number of anilines is 1. The third-order valence-corrected chi connectivity index (χ3v) is 4.20. The van der Waals surface area contributed by atoms with Crippen LogP contribution < -0.4 is 9.46 Å². The summed E-state index contributed by atoms with van der Waals surface area (Å²) in [4.78, 5) is 0. The molecular weight excluding hydrogens is 256 g/mol.